The second kappa shape index (κ2) is 5.61. The lowest BCUT2D eigenvalue weighted by molar-refractivity contribution is -0.125. The first-order valence-corrected chi connectivity index (χ1v) is 6.09. The van der Waals surface area contributed by atoms with E-state index in [0.29, 0.717) is 19.6 Å². The Morgan fingerprint density at radius 3 is 2.76 bits per heavy atom. The lowest BCUT2D eigenvalue weighted by atomic mass is 9.91. The number of carbonyl (C=O) groups excluding carboxylic acids is 1. The molecule has 1 saturated heterocycles. The fraction of sp³-hybridized carbons (Fsp3) is 0.462. The summed E-state index contributed by atoms with van der Waals surface area (Å²) in [4.78, 5) is 12.0. The summed E-state index contributed by atoms with van der Waals surface area (Å²) in [5.41, 5.74) is 0.771. The molecule has 0 spiro atoms. The molecule has 0 aromatic heterocycles. The lowest BCUT2D eigenvalue weighted by Gasteiger charge is -2.20. The van der Waals surface area contributed by atoms with Crippen molar-refractivity contribution in [2.75, 3.05) is 13.2 Å². The van der Waals surface area contributed by atoms with E-state index in [9.17, 15) is 9.18 Å². The Balaban J connectivity index is 1.99. The standard InChI is InChI=1S/C13H14ClFO2/c14-11-7-9(1-2-12(11)15)8-13(16)10-3-5-17-6-4-10/h1-2,7,10H,3-6,8H2. The summed E-state index contributed by atoms with van der Waals surface area (Å²) in [5.74, 6) is -0.183. The van der Waals surface area contributed by atoms with E-state index in [-0.39, 0.29) is 16.7 Å². The minimum Gasteiger partial charge on any atom is -0.381 e. The summed E-state index contributed by atoms with van der Waals surface area (Å²) in [6.07, 6.45) is 1.90. The molecule has 2 nitrogen and oxygen atoms in total. The molecular formula is C13H14ClFO2. The largest absolute Gasteiger partial charge is 0.381 e. The molecule has 1 aliphatic rings. The van der Waals surface area contributed by atoms with E-state index < -0.39 is 5.82 Å². The average Bonchev–Trinajstić information content (AvgIpc) is 2.35. The van der Waals surface area contributed by atoms with Gasteiger partial charge in [-0.05, 0) is 30.5 Å². The second-order valence-electron chi connectivity index (χ2n) is 4.28. The number of carbonyl (C=O) groups is 1. The van der Waals surface area contributed by atoms with Crippen molar-refractivity contribution >= 4 is 17.4 Å². The Morgan fingerprint density at radius 1 is 1.41 bits per heavy atom. The van der Waals surface area contributed by atoms with Crippen LogP contribution in [-0.2, 0) is 16.0 Å². The fourth-order valence-corrected chi connectivity index (χ4v) is 2.22. The molecule has 1 fully saturated rings. The van der Waals surface area contributed by atoms with Crippen LogP contribution in [0.25, 0.3) is 0 Å². The number of rotatable bonds is 3. The molecule has 4 heteroatoms. The Kier molecular flexibility index (Phi) is 4.13. The van der Waals surface area contributed by atoms with Crippen LogP contribution in [0.3, 0.4) is 0 Å². The third-order valence-corrected chi connectivity index (χ3v) is 3.33. The highest BCUT2D eigenvalue weighted by atomic mass is 35.5. The predicted molar refractivity (Wildman–Crippen MR) is 63.7 cm³/mol. The molecule has 0 N–H and O–H groups in total. The van der Waals surface area contributed by atoms with E-state index in [1.54, 1.807) is 6.07 Å². The maximum absolute atomic E-state index is 13.0. The van der Waals surface area contributed by atoms with Crippen LogP contribution in [0, 0.1) is 11.7 Å². The number of benzene rings is 1. The number of ether oxygens (including phenoxy) is 1. The molecule has 1 aliphatic heterocycles. The van der Waals surface area contributed by atoms with Gasteiger partial charge in [0, 0.05) is 25.6 Å². The number of ketones is 1. The van der Waals surface area contributed by atoms with Gasteiger partial charge in [-0.1, -0.05) is 17.7 Å². The maximum Gasteiger partial charge on any atom is 0.141 e. The van der Waals surface area contributed by atoms with Gasteiger partial charge in [0.25, 0.3) is 0 Å². The van der Waals surface area contributed by atoms with E-state index in [2.05, 4.69) is 0 Å². The van der Waals surface area contributed by atoms with Gasteiger partial charge in [-0.2, -0.15) is 0 Å². The van der Waals surface area contributed by atoms with Crippen molar-refractivity contribution in [3.8, 4) is 0 Å². The average molecular weight is 257 g/mol. The van der Waals surface area contributed by atoms with Crippen molar-refractivity contribution in [3.63, 3.8) is 0 Å². The minimum absolute atomic E-state index is 0.0716. The number of hydrogen-bond donors (Lipinski definition) is 0. The van der Waals surface area contributed by atoms with Crippen molar-refractivity contribution in [1.29, 1.82) is 0 Å². The SMILES string of the molecule is O=C(Cc1ccc(F)c(Cl)c1)C1CCOCC1. The van der Waals surface area contributed by atoms with E-state index in [1.165, 1.54) is 12.1 Å². The molecule has 17 heavy (non-hydrogen) atoms. The number of Topliss-reactive ketones (excluding diaryl/α,β-unsaturated/α-hetero) is 1. The first-order chi connectivity index (χ1) is 8.16. The zero-order chi connectivity index (χ0) is 12.3. The van der Waals surface area contributed by atoms with Crippen molar-refractivity contribution in [2.45, 2.75) is 19.3 Å². The molecule has 0 aliphatic carbocycles. The van der Waals surface area contributed by atoms with Crippen molar-refractivity contribution in [1.82, 2.24) is 0 Å². The van der Waals surface area contributed by atoms with E-state index in [1.807, 2.05) is 0 Å². The summed E-state index contributed by atoms with van der Waals surface area (Å²) >= 11 is 5.68. The fourth-order valence-electron chi connectivity index (χ4n) is 2.01. The smallest absolute Gasteiger partial charge is 0.141 e. The van der Waals surface area contributed by atoms with E-state index in [4.69, 9.17) is 16.3 Å². The van der Waals surface area contributed by atoms with Crippen molar-refractivity contribution < 1.29 is 13.9 Å². The van der Waals surface area contributed by atoms with Gasteiger partial charge >= 0.3 is 0 Å². The van der Waals surface area contributed by atoms with Crippen LogP contribution < -0.4 is 0 Å². The zero-order valence-corrected chi connectivity index (χ0v) is 10.2. The molecule has 2 rings (SSSR count). The minimum atomic E-state index is -0.450. The second-order valence-corrected chi connectivity index (χ2v) is 4.69. The summed E-state index contributed by atoms with van der Waals surface area (Å²) in [6.45, 7) is 1.31. The predicted octanol–water partition coefficient (Wildman–Crippen LogP) is 3.02. The molecule has 0 unspecified atom stereocenters. The molecule has 0 amide bonds. The molecule has 0 atom stereocenters. The van der Waals surface area contributed by atoms with Crippen molar-refractivity contribution in [3.05, 3.63) is 34.6 Å². The van der Waals surface area contributed by atoms with Gasteiger partial charge in [0.15, 0.2) is 0 Å². The van der Waals surface area contributed by atoms with Crippen LogP contribution >= 0.6 is 11.6 Å². The Labute approximate surface area is 105 Å². The highest BCUT2D eigenvalue weighted by molar-refractivity contribution is 6.30. The number of hydrogen-bond acceptors (Lipinski definition) is 2. The maximum atomic E-state index is 13.0. The Bertz CT molecular complexity index is 414. The van der Waals surface area contributed by atoms with Crippen LogP contribution in [0.2, 0.25) is 5.02 Å². The third-order valence-electron chi connectivity index (χ3n) is 3.04. The van der Waals surface area contributed by atoms with Crippen LogP contribution in [0.5, 0.6) is 0 Å². The van der Waals surface area contributed by atoms with Gasteiger partial charge in [0.2, 0.25) is 0 Å². The highest BCUT2D eigenvalue weighted by Crippen LogP contribution is 2.20. The van der Waals surface area contributed by atoms with Crippen LogP contribution in [0.1, 0.15) is 18.4 Å². The van der Waals surface area contributed by atoms with Gasteiger partial charge in [0.1, 0.15) is 11.6 Å². The molecular weight excluding hydrogens is 243 g/mol. The summed E-state index contributed by atoms with van der Waals surface area (Å²) in [7, 11) is 0. The van der Waals surface area contributed by atoms with Gasteiger partial charge in [-0.15, -0.1) is 0 Å². The molecule has 1 heterocycles. The lowest BCUT2D eigenvalue weighted by Crippen LogP contribution is -2.24. The third kappa shape index (κ3) is 3.27. The van der Waals surface area contributed by atoms with Gasteiger partial charge in [-0.3, -0.25) is 4.79 Å². The molecule has 0 radical (unpaired) electrons. The molecule has 1 aromatic carbocycles. The highest BCUT2D eigenvalue weighted by Gasteiger charge is 2.21. The topological polar surface area (TPSA) is 26.3 Å². The van der Waals surface area contributed by atoms with Gasteiger partial charge < -0.3 is 4.74 Å². The van der Waals surface area contributed by atoms with Crippen LogP contribution in [-0.4, -0.2) is 19.0 Å². The molecule has 0 saturated carbocycles. The molecule has 0 bridgehead atoms. The number of halogens is 2. The van der Waals surface area contributed by atoms with Gasteiger partial charge in [-0.25, -0.2) is 4.39 Å². The van der Waals surface area contributed by atoms with Crippen molar-refractivity contribution in [2.24, 2.45) is 5.92 Å². The monoisotopic (exact) mass is 256 g/mol. The Hall–Kier alpha value is -0.930. The van der Waals surface area contributed by atoms with E-state index >= 15 is 0 Å². The first kappa shape index (κ1) is 12.5. The van der Waals surface area contributed by atoms with Crippen LogP contribution in [0.15, 0.2) is 18.2 Å². The summed E-state index contributed by atoms with van der Waals surface area (Å²) < 4.78 is 18.2. The molecule has 1 aromatic rings. The summed E-state index contributed by atoms with van der Waals surface area (Å²) in [6, 6.07) is 4.43. The molecule has 92 valence electrons. The van der Waals surface area contributed by atoms with E-state index in [0.717, 1.165) is 18.4 Å². The van der Waals surface area contributed by atoms with Crippen LogP contribution in [0.4, 0.5) is 4.39 Å². The Morgan fingerprint density at radius 2 is 2.12 bits per heavy atom. The zero-order valence-electron chi connectivity index (χ0n) is 9.42. The first-order valence-electron chi connectivity index (χ1n) is 5.71. The quantitative estimate of drug-likeness (QED) is 0.831. The normalized spacial score (nSPS) is 17.1. The van der Waals surface area contributed by atoms with Gasteiger partial charge in [0.05, 0.1) is 5.02 Å². The summed E-state index contributed by atoms with van der Waals surface area (Å²) in [5, 5.41) is 0.0716.